The Labute approximate surface area is 155 Å². The standard InChI is InChI=1S/C16H16BrF3N2O4/c1-4-26-14(23)13-8-5-9(17)12(25-3)6-10(8)22(2)11(13)7-21-15(24)16(18,19)20/h5-6H,4,7H2,1-3H3,(H,21,24). The average molecular weight is 437 g/mol. The first kappa shape index (κ1) is 20.1. The lowest BCUT2D eigenvalue weighted by atomic mass is 10.1. The lowest BCUT2D eigenvalue weighted by molar-refractivity contribution is -0.173. The van der Waals surface area contributed by atoms with Crippen molar-refractivity contribution in [3.8, 4) is 5.75 Å². The topological polar surface area (TPSA) is 69.6 Å². The second-order valence-corrected chi connectivity index (χ2v) is 6.14. The third-order valence-corrected chi connectivity index (χ3v) is 4.37. The molecule has 0 aliphatic carbocycles. The molecule has 1 heterocycles. The van der Waals surface area contributed by atoms with Crippen molar-refractivity contribution in [2.45, 2.75) is 19.6 Å². The van der Waals surface area contributed by atoms with Gasteiger partial charge in [0, 0.05) is 18.5 Å². The molecule has 0 atom stereocenters. The van der Waals surface area contributed by atoms with Crippen LogP contribution in [0.15, 0.2) is 16.6 Å². The average Bonchev–Trinajstić information content (AvgIpc) is 2.82. The summed E-state index contributed by atoms with van der Waals surface area (Å²) >= 11 is 3.32. The quantitative estimate of drug-likeness (QED) is 0.730. The minimum Gasteiger partial charge on any atom is -0.495 e. The molecule has 2 aromatic rings. The summed E-state index contributed by atoms with van der Waals surface area (Å²) in [5.74, 6) is -2.29. The van der Waals surface area contributed by atoms with Crippen molar-refractivity contribution >= 4 is 38.7 Å². The van der Waals surface area contributed by atoms with Gasteiger partial charge in [0.25, 0.3) is 0 Å². The van der Waals surface area contributed by atoms with Crippen molar-refractivity contribution in [2.24, 2.45) is 7.05 Å². The highest BCUT2D eigenvalue weighted by Crippen LogP contribution is 2.35. The SMILES string of the molecule is CCOC(=O)c1c(CNC(=O)C(F)(F)F)n(C)c2cc(OC)c(Br)cc12. The molecule has 0 unspecified atom stereocenters. The summed E-state index contributed by atoms with van der Waals surface area (Å²) in [6.45, 7) is 1.23. The van der Waals surface area contributed by atoms with E-state index in [-0.39, 0.29) is 17.9 Å². The summed E-state index contributed by atoms with van der Waals surface area (Å²) in [5.41, 5.74) is 0.829. The maximum absolute atomic E-state index is 12.5. The van der Waals surface area contributed by atoms with Gasteiger partial charge in [-0.05, 0) is 28.9 Å². The van der Waals surface area contributed by atoms with Gasteiger partial charge in [-0.2, -0.15) is 13.2 Å². The van der Waals surface area contributed by atoms with Crippen LogP contribution in [-0.4, -0.2) is 36.3 Å². The molecular formula is C16H16BrF3N2O4. The summed E-state index contributed by atoms with van der Waals surface area (Å²) in [6, 6.07) is 3.26. The maximum atomic E-state index is 12.5. The van der Waals surface area contributed by atoms with E-state index in [1.165, 1.54) is 11.7 Å². The maximum Gasteiger partial charge on any atom is 0.471 e. The van der Waals surface area contributed by atoms with Gasteiger partial charge in [-0.1, -0.05) is 0 Å². The molecule has 1 aromatic heterocycles. The van der Waals surface area contributed by atoms with Crippen LogP contribution in [0.5, 0.6) is 5.75 Å². The minimum absolute atomic E-state index is 0.0928. The Balaban J connectivity index is 2.59. The molecule has 0 fully saturated rings. The van der Waals surface area contributed by atoms with Crippen LogP contribution in [0, 0.1) is 0 Å². The summed E-state index contributed by atoms with van der Waals surface area (Å²) in [7, 11) is 3.04. The number of ether oxygens (including phenoxy) is 2. The van der Waals surface area contributed by atoms with Crippen molar-refractivity contribution in [1.82, 2.24) is 9.88 Å². The van der Waals surface area contributed by atoms with Gasteiger partial charge in [0.1, 0.15) is 5.75 Å². The number of methoxy groups -OCH3 is 1. The van der Waals surface area contributed by atoms with Gasteiger partial charge >= 0.3 is 18.1 Å². The number of nitrogens with one attached hydrogen (secondary N) is 1. The highest BCUT2D eigenvalue weighted by atomic mass is 79.9. The van der Waals surface area contributed by atoms with Crippen LogP contribution in [0.4, 0.5) is 13.2 Å². The second kappa shape index (κ2) is 7.56. The first-order valence-electron chi connectivity index (χ1n) is 7.48. The van der Waals surface area contributed by atoms with Crippen LogP contribution in [0.2, 0.25) is 0 Å². The van der Waals surface area contributed by atoms with E-state index in [0.717, 1.165) is 0 Å². The fourth-order valence-corrected chi connectivity index (χ4v) is 3.05. The van der Waals surface area contributed by atoms with Gasteiger partial charge in [0.05, 0.1) is 41.5 Å². The fraction of sp³-hybridized carbons (Fsp3) is 0.375. The van der Waals surface area contributed by atoms with Gasteiger partial charge < -0.3 is 19.4 Å². The van der Waals surface area contributed by atoms with Gasteiger partial charge in [-0.25, -0.2) is 4.79 Å². The van der Waals surface area contributed by atoms with E-state index in [9.17, 15) is 22.8 Å². The monoisotopic (exact) mass is 436 g/mol. The van der Waals surface area contributed by atoms with Crippen LogP contribution >= 0.6 is 15.9 Å². The first-order valence-corrected chi connectivity index (χ1v) is 8.28. The number of fused-ring (bicyclic) bond motifs is 1. The Hall–Kier alpha value is -2.23. The fourth-order valence-electron chi connectivity index (χ4n) is 2.55. The molecule has 0 saturated carbocycles. The van der Waals surface area contributed by atoms with Crippen molar-refractivity contribution < 1.29 is 32.2 Å². The van der Waals surface area contributed by atoms with Crippen molar-refractivity contribution in [2.75, 3.05) is 13.7 Å². The van der Waals surface area contributed by atoms with Gasteiger partial charge in [0.2, 0.25) is 0 Å². The van der Waals surface area contributed by atoms with Crippen LogP contribution in [0.1, 0.15) is 23.0 Å². The first-order chi connectivity index (χ1) is 12.1. The van der Waals surface area contributed by atoms with Crippen LogP contribution < -0.4 is 10.1 Å². The highest BCUT2D eigenvalue weighted by Gasteiger charge is 2.38. The van der Waals surface area contributed by atoms with Crippen LogP contribution in [0.3, 0.4) is 0 Å². The molecular weight excluding hydrogens is 421 g/mol. The number of rotatable bonds is 5. The molecule has 1 N–H and O–H groups in total. The molecule has 1 aromatic carbocycles. The highest BCUT2D eigenvalue weighted by molar-refractivity contribution is 9.10. The Kier molecular flexibility index (Phi) is 5.84. The Bertz CT molecular complexity index is 862. The van der Waals surface area contributed by atoms with E-state index in [0.29, 0.717) is 21.1 Å². The number of carbonyl (C=O) groups is 2. The molecule has 26 heavy (non-hydrogen) atoms. The largest absolute Gasteiger partial charge is 0.495 e. The normalized spacial score (nSPS) is 11.5. The van der Waals surface area contributed by atoms with E-state index in [1.807, 2.05) is 0 Å². The number of benzene rings is 1. The molecule has 1 amide bonds. The number of aryl methyl sites for hydroxylation is 1. The molecule has 0 aliphatic rings. The Morgan fingerprint density at radius 2 is 1.96 bits per heavy atom. The number of aromatic nitrogens is 1. The summed E-state index contributed by atoms with van der Waals surface area (Å²) in [6.07, 6.45) is -5.01. The number of amides is 1. The molecule has 0 spiro atoms. The zero-order valence-electron chi connectivity index (χ0n) is 14.2. The van der Waals surface area contributed by atoms with Crippen molar-refractivity contribution in [1.29, 1.82) is 0 Å². The van der Waals surface area contributed by atoms with Crippen molar-refractivity contribution in [3.05, 3.63) is 27.9 Å². The van der Waals surface area contributed by atoms with E-state index < -0.39 is 24.6 Å². The molecule has 0 saturated heterocycles. The number of hydrogen-bond donors (Lipinski definition) is 1. The predicted octanol–water partition coefficient (Wildman–Crippen LogP) is 3.30. The summed E-state index contributed by atoms with van der Waals surface area (Å²) in [5, 5.41) is 2.25. The third-order valence-electron chi connectivity index (χ3n) is 3.75. The molecule has 0 bridgehead atoms. The zero-order chi connectivity index (χ0) is 19.6. The van der Waals surface area contributed by atoms with Crippen molar-refractivity contribution in [3.63, 3.8) is 0 Å². The number of halogens is 4. The third kappa shape index (κ3) is 3.79. The van der Waals surface area contributed by atoms with Gasteiger partial charge in [0.15, 0.2) is 0 Å². The number of alkyl halides is 3. The number of carbonyl (C=O) groups excluding carboxylic acids is 2. The lowest BCUT2D eigenvalue weighted by Crippen LogP contribution is -2.37. The molecule has 6 nitrogen and oxygen atoms in total. The van der Waals surface area contributed by atoms with Gasteiger partial charge in [-0.3, -0.25) is 4.79 Å². The zero-order valence-corrected chi connectivity index (χ0v) is 15.7. The molecule has 142 valence electrons. The van der Waals surface area contributed by atoms with E-state index in [2.05, 4.69) is 15.9 Å². The smallest absolute Gasteiger partial charge is 0.471 e. The number of nitrogens with zero attached hydrogens (tertiary/aromatic N) is 1. The lowest BCUT2D eigenvalue weighted by Gasteiger charge is -2.11. The number of esters is 1. The van der Waals surface area contributed by atoms with E-state index >= 15 is 0 Å². The minimum atomic E-state index is -5.01. The molecule has 0 aliphatic heterocycles. The van der Waals surface area contributed by atoms with Crippen LogP contribution in [0.25, 0.3) is 10.9 Å². The summed E-state index contributed by atoms with van der Waals surface area (Å²) < 4.78 is 49.7. The molecule has 0 radical (unpaired) electrons. The van der Waals surface area contributed by atoms with E-state index in [1.54, 1.807) is 31.4 Å². The van der Waals surface area contributed by atoms with Crippen LogP contribution in [-0.2, 0) is 23.1 Å². The second-order valence-electron chi connectivity index (χ2n) is 5.29. The Morgan fingerprint density at radius 1 is 1.31 bits per heavy atom. The molecule has 2 rings (SSSR count). The number of hydrogen-bond acceptors (Lipinski definition) is 4. The Morgan fingerprint density at radius 3 is 2.50 bits per heavy atom. The molecule has 10 heteroatoms. The van der Waals surface area contributed by atoms with Gasteiger partial charge in [-0.15, -0.1) is 0 Å². The predicted molar refractivity (Wildman–Crippen MR) is 91.0 cm³/mol. The van der Waals surface area contributed by atoms with E-state index in [4.69, 9.17) is 9.47 Å². The summed E-state index contributed by atoms with van der Waals surface area (Å²) in [4.78, 5) is 23.5.